The van der Waals surface area contributed by atoms with Gasteiger partial charge in [-0.2, -0.15) is 0 Å². The molecule has 2 atom stereocenters. The van der Waals surface area contributed by atoms with Gasteiger partial charge in [-0.15, -0.1) is 0 Å². The highest BCUT2D eigenvalue weighted by atomic mass is 16.8. The van der Waals surface area contributed by atoms with Crippen LogP contribution in [0.4, 0.5) is 0 Å². The molecule has 0 fully saturated rings. The molecule has 0 aliphatic carbocycles. The van der Waals surface area contributed by atoms with Crippen molar-refractivity contribution in [3.8, 4) is 0 Å². The second-order valence-electron chi connectivity index (χ2n) is 10.0. The first-order valence-corrected chi connectivity index (χ1v) is 15.8. The number of hydrogen-bond acceptors (Lipinski definition) is 3. The Hall–Kier alpha value is -1.16. The van der Waals surface area contributed by atoms with Crippen molar-refractivity contribution < 1.29 is 14.2 Å². The van der Waals surface area contributed by atoms with Gasteiger partial charge in [0.2, 0.25) is 0 Å². The number of ether oxygens (including phenoxy) is 3. The van der Waals surface area contributed by atoms with Gasteiger partial charge in [-0.25, -0.2) is 0 Å². The molecule has 37 heavy (non-hydrogen) atoms. The lowest BCUT2D eigenvalue weighted by molar-refractivity contribution is -0.250. The molecule has 0 aliphatic heterocycles. The Bertz CT molecular complexity index is 501. The lowest BCUT2D eigenvalue weighted by Crippen LogP contribution is -2.28. The van der Waals surface area contributed by atoms with E-state index in [1.165, 1.54) is 38.5 Å². The van der Waals surface area contributed by atoms with Gasteiger partial charge in [-0.1, -0.05) is 115 Å². The maximum absolute atomic E-state index is 6.41. The Morgan fingerprint density at radius 3 is 1.14 bits per heavy atom. The molecule has 0 saturated carbocycles. The Morgan fingerprint density at radius 2 is 0.784 bits per heavy atom. The zero-order chi connectivity index (χ0) is 27.1. The minimum atomic E-state index is -0.163. The fourth-order valence-electron chi connectivity index (χ4n) is 3.76. The van der Waals surface area contributed by atoms with Crippen molar-refractivity contribution >= 4 is 0 Å². The number of unbranched alkanes of at least 4 members (excludes halogenated alkanes) is 10. The van der Waals surface area contributed by atoms with Crippen LogP contribution >= 0.6 is 0 Å². The third-order valence-corrected chi connectivity index (χ3v) is 6.24. The zero-order valence-corrected chi connectivity index (χ0v) is 25.1. The highest BCUT2D eigenvalue weighted by Gasteiger charge is 2.17. The van der Waals surface area contributed by atoms with E-state index in [0.29, 0.717) is 0 Å². The fraction of sp³-hybridized carbons (Fsp3) is 0.765. The molecule has 0 spiro atoms. The highest BCUT2D eigenvalue weighted by molar-refractivity contribution is 5.02. The number of rotatable bonds is 28. The van der Waals surface area contributed by atoms with Gasteiger partial charge in [0.1, 0.15) is 0 Å². The van der Waals surface area contributed by atoms with E-state index >= 15 is 0 Å². The van der Waals surface area contributed by atoms with Crippen LogP contribution in [0.25, 0.3) is 0 Å². The van der Waals surface area contributed by atoms with E-state index in [1.807, 2.05) is 0 Å². The minimum absolute atomic E-state index is 0.163. The van der Waals surface area contributed by atoms with Crippen LogP contribution in [0.15, 0.2) is 48.6 Å². The van der Waals surface area contributed by atoms with Crippen LogP contribution in [0.1, 0.15) is 143 Å². The molecule has 0 aromatic carbocycles. The van der Waals surface area contributed by atoms with Crippen molar-refractivity contribution in [3.05, 3.63) is 48.6 Å². The first kappa shape index (κ1) is 35.8. The topological polar surface area (TPSA) is 27.7 Å². The van der Waals surface area contributed by atoms with Gasteiger partial charge >= 0.3 is 0 Å². The summed E-state index contributed by atoms with van der Waals surface area (Å²) in [5, 5.41) is 0. The van der Waals surface area contributed by atoms with E-state index in [4.69, 9.17) is 14.2 Å². The summed E-state index contributed by atoms with van der Waals surface area (Å²) in [4.78, 5) is 0. The standard InChI is InChI=1S/C34H62O3/c1-5-9-13-15-17-19-21-23-25-27-29-33(35-31-11-7-3)37-34(36-32-12-8-4)30-28-26-24-22-20-18-16-14-10-6-2/h15-22,33-34H,5-14,23-32H2,1-4H3/b17-15-,18-16-,21-19+,22-20+. The SMILES string of the molecule is CCCC/C=C\C=C\CCCCC(OCCCC)OC(CCCC/C=C/C=C\CCCC)OCCCC. The fourth-order valence-corrected chi connectivity index (χ4v) is 3.76. The van der Waals surface area contributed by atoms with Gasteiger partial charge in [0.15, 0.2) is 12.6 Å². The molecule has 0 rings (SSSR count). The number of hydrogen-bond donors (Lipinski definition) is 0. The summed E-state index contributed by atoms with van der Waals surface area (Å²) >= 11 is 0. The summed E-state index contributed by atoms with van der Waals surface area (Å²) in [5.41, 5.74) is 0. The molecule has 3 nitrogen and oxygen atoms in total. The van der Waals surface area contributed by atoms with Crippen LogP contribution in [0.5, 0.6) is 0 Å². The third kappa shape index (κ3) is 27.7. The second kappa shape index (κ2) is 31.1. The van der Waals surface area contributed by atoms with Gasteiger partial charge in [-0.05, 0) is 77.0 Å². The molecule has 0 aliphatic rings. The normalized spacial score (nSPS) is 14.2. The molecule has 0 bridgehead atoms. The van der Waals surface area contributed by atoms with Crippen LogP contribution in [-0.4, -0.2) is 25.8 Å². The Kier molecular flexibility index (Phi) is 30.1. The quantitative estimate of drug-likeness (QED) is 0.0585. The molecule has 0 aromatic heterocycles. The van der Waals surface area contributed by atoms with E-state index in [1.54, 1.807) is 0 Å². The molecule has 0 radical (unpaired) electrons. The second-order valence-corrected chi connectivity index (χ2v) is 10.0. The Morgan fingerprint density at radius 1 is 0.432 bits per heavy atom. The first-order valence-electron chi connectivity index (χ1n) is 15.8. The largest absolute Gasteiger partial charge is 0.353 e. The molecular weight excluding hydrogens is 456 g/mol. The predicted molar refractivity (Wildman–Crippen MR) is 163 cm³/mol. The maximum atomic E-state index is 6.41. The van der Waals surface area contributed by atoms with E-state index < -0.39 is 0 Å². The maximum Gasteiger partial charge on any atom is 0.160 e. The van der Waals surface area contributed by atoms with Gasteiger partial charge in [0.25, 0.3) is 0 Å². The lowest BCUT2D eigenvalue weighted by Gasteiger charge is -2.25. The first-order chi connectivity index (χ1) is 18.3. The van der Waals surface area contributed by atoms with Gasteiger partial charge in [0.05, 0.1) is 0 Å². The summed E-state index contributed by atoms with van der Waals surface area (Å²) in [6.45, 7) is 10.4. The average molecular weight is 519 g/mol. The molecule has 3 heteroatoms. The van der Waals surface area contributed by atoms with Crippen LogP contribution in [0, 0.1) is 0 Å². The van der Waals surface area contributed by atoms with Crippen molar-refractivity contribution in [2.45, 2.75) is 156 Å². The predicted octanol–water partition coefficient (Wildman–Crippen LogP) is 11.0. The lowest BCUT2D eigenvalue weighted by atomic mass is 10.1. The van der Waals surface area contributed by atoms with E-state index in [2.05, 4.69) is 76.3 Å². The molecule has 0 aromatic rings. The van der Waals surface area contributed by atoms with Gasteiger partial charge < -0.3 is 14.2 Å². The summed E-state index contributed by atoms with van der Waals surface area (Å²) in [6.07, 6.45) is 38.0. The van der Waals surface area contributed by atoms with Gasteiger partial charge in [0, 0.05) is 13.2 Å². The van der Waals surface area contributed by atoms with Gasteiger partial charge in [-0.3, -0.25) is 0 Å². The monoisotopic (exact) mass is 518 g/mol. The third-order valence-electron chi connectivity index (χ3n) is 6.24. The van der Waals surface area contributed by atoms with Crippen LogP contribution < -0.4 is 0 Å². The number of allylic oxidation sites excluding steroid dienone is 8. The molecule has 216 valence electrons. The van der Waals surface area contributed by atoms with Crippen molar-refractivity contribution in [3.63, 3.8) is 0 Å². The van der Waals surface area contributed by atoms with E-state index in [9.17, 15) is 0 Å². The van der Waals surface area contributed by atoms with E-state index in [-0.39, 0.29) is 12.6 Å². The zero-order valence-electron chi connectivity index (χ0n) is 25.1. The van der Waals surface area contributed by atoms with E-state index in [0.717, 1.165) is 90.3 Å². The van der Waals surface area contributed by atoms with Crippen molar-refractivity contribution in [1.82, 2.24) is 0 Å². The highest BCUT2D eigenvalue weighted by Crippen LogP contribution is 2.17. The van der Waals surface area contributed by atoms with Crippen molar-refractivity contribution in [2.75, 3.05) is 13.2 Å². The Labute approximate surface area is 231 Å². The molecule has 0 saturated heterocycles. The van der Waals surface area contributed by atoms with Crippen LogP contribution in [-0.2, 0) is 14.2 Å². The van der Waals surface area contributed by atoms with Crippen LogP contribution in [0.2, 0.25) is 0 Å². The van der Waals surface area contributed by atoms with Crippen LogP contribution in [0.3, 0.4) is 0 Å². The summed E-state index contributed by atoms with van der Waals surface area (Å²) < 4.78 is 18.7. The molecular formula is C34H62O3. The summed E-state index contributed by atoms with van der Waals surface area (Å²) in [5.74, 6) is 0. The van der Waals surface area contributed by atoms with Crippen molar-refractivity contribution in [1.29, 1.82) is 0 Å². The molecule has 0 N–H and O–H groups in total. The molecule has 0 amide bonds. The van der Waals surface area contributed by atoms with Crippen molar-refractivity contribution in [2.24, 2.45) is 0 Å². The average Bonchev–Trinajstić information content (AvgIpc) is 2.90. The Balaban J connectivity index is 4.49. The molecule has 0 heterocycles. The molecule has 2 unspecified atom stereocenters. The minimum Gasteiger partial charge on any atom is -0.353 e. The smallest absolute Gasteiger partial charge is 0.160 e. The summed E-state index contributed by atoms with van der Waals surface area (Å²) in [7, 11) is 0. The summed E-state index contributed by atoms with van der Waals surface area (Å²) in [6, 6.07) is 0.